The van der Waals surface area contributed by atoms with Gasteiger partial charge in [0.25, 0.3) is 0 Å². The standard InChI is InChI=1S/C17H27N3O3/c1-5-18-17(20-13-7-8-13)19-11-12-9-14(21-3)16(23-6-2)15(10-12)22-4/h9-10,13H,5-8,11H2,1-4H3,(H2,18,19,20). The van der Waals surface area contributed by atoms with Crippen molar-refractivity contribution >= 4 is 5.96 Å². The van der Waals surface area contributed by atoms with Gasteiger partial charge in [0, 0.05) is 12.6 Å². The van der Waals surface area contributed by atoms with Gasteiger partial charge in [-0.1, -0.05) is 0 Å². The molecule has 1 aromatic carbocycles. The zero-order valence-electron chi connectivity index (χ0n) is 14.4. The summed E-state index contributed by atoms with van der Waals surface area (Å²) in [7, 11) is 3.26. The second-order valence-electron chi connectivity index (χ2n) is 5.38. The largest absolute Gasteiger partial charge is 0.493 e. The van der Waals surface area contributed by atoms with Crippen LogP contribution < -0.4 is 24.8 Å². The minimum absolute atomic E-state index is 0.543. The van der Waals surface area contributed by atoms with Crippen LogP contribution in [0.3, 0.4) is 0 Å². The third-order valence-corrected chi connectivity index (χ3v) is 3.49. The van der Waals surface area contributed by atoms with E-state index in [0.717, 1.165) is 18.1 Å². The summed E-state index contributed by atoms with van der Waals surface area (Å²) in [6.07, 6.45) is 2.43. The molecule has 0 aliphatic heterocycles. The Bertz CT molecular complexity index is 517. The number of nitrogens with zero attached hydrogens (tertiary/aromatic N) is 1. The van der Waals surface area contributed by atoms with Crippen LogP contribution >= 0.6 is 0 Å². The normalized spacial score (nSPS) is 14.3. The molecule has 0 amide bonds. The number of rotatable bonds is 8. The highest BCUT2D eigenvalue weighted by Gasteiger charge is 2.22. The third-order valence-electron chi connectivity index (χ3n) is 3.49. The van der Waals surface area contributed by atoms with Crippen LogP contribution in [-0.4, -0.2) is 39.4 Å². The first-order valence-electron chi connectivity index (χ1n) is 8.14. The fourth-order valence-corrected chi connectivity index (χ4v) is 2.22. The molecule has 1 fully saturated rings. The van der Waals surface area contributed by atoms with Gasteiger partial charge in [0.1, 0.15) is 0 Å². The van der Waals surface area contributed by atoms with Crippen molar-refractivity contribution in [1.29, 1.82) is 0 Å². The number of methoxy groups -OCH3 is 2. The second kappa shape index (κ2) is 8.50. The molecule has 1 aromatic rings. The van der Waals surface area contributed by atoms with E-state index in [0.29, 0.717) is 36.4 Å². The van der Waals surface area contributed by atoms with Gasteiger partial charge < -0.3 is 24.8 Å². The smallest absolute Gasteiger partial charge is 0.203 e. The fraction of sp³-hybridized carbons (Fsp3) is 0.588. The molecule has 2 N–H and O–H groups in total. The van der Waals surface area contributed by atoms with Gasteiger partial charge in [-0.05, 0) is 44.4 Å². The Hall–Kier alpha value is -2.11. The maximum absolute atomic E-state index is 5.62. The minimum atomic E-state index is 0.543. The van der Waals surface area contributed by atoms with E-state index in [1.54, 1.807) is 14.2 Å². The first-order valence-corrected chi connectivity index (χ1v) is 8.14. The Morgan fingerprint density at radius 3 is 2.30 bits per heavy atom. The second-order valence-corrected chi connectivity index (χ2v) is 5.38. The average Bonchev–Trinajstić information content (AvgIpc) is 3.37. The topological polar surface area (TPSA) is 64.1 Å². The third kappa shape index (κ3) is 4.94. The number of aliphatic imine (C=N–C) groups is 1. The van der Waals surface area contributed by atoms with Crippen LogP contribution in [0.1, 0.15) is 32.3 Å². The highest BCUT2D eigenvalue weighted by Crippen LogP contribution is 2.38. The highest BCUT2D eigenvalue weighted by molar-refractivity contribution is 5.80. The van der Waals surface area contributed by atoms with Crippen molar-refractivity contribution in [3.8, 4) is 17.2 Å². The van der Waals surface area contributed by atoms with E-state index in [1.807, 2.05) is 19.1 Å². The Balaban J connectivity index is 2.17. The number of hydrogen-bond donors (Lipinski definition) is 2. The van der Waals surface area contributed by atoms with E-state index in [-0.39, 0.29) is 0 Å². The van der Waals surface area contributed by atoms with Crippen LogP contribution in [-0.2, 0) is 6.54 Å². The summed E-state index contributed by atoms with van der Waals surface area (Å²) in [4.78, 5) is 4.63. The summed E-state index contributed by atoms with van der Waals surface area (Å²) in [6.45, 7) is 5.94. The molecular formula is C17H27N3O3. The molecule has 0 heterocycles. The number of nitrogens with one attached hydrogen (secondary N) is 2. The summed E-state index contributed by atoms with van der Waals surface area (Å²) in [5.41, 5.74) is 1.01. The van der Waals surface area contributed by atoms with Crippen molar-refractivity contribution in [2.24, 2.45) is 4.99 Å². The van der Waals surface area contributed by atoms with Gasteiger partial charge in [0.15, 0.2) is 17.5 Å². The number of benzene rings is 1. The molecule has 1 aliphatic carbocycles. The van der Waals surface area contributed by atoms with Gasteiger partial charge in [0.05, 0.1) is 27.4 Å². The summed E-state index contributed by atoms with van der Waals surface area (Å²) < 4.78 is 16.5. The molecule has 0 bridgehead atoms. The van der Waals surface area contributed by atoms with E-state index in [9.17, 15) is 0 Å². The predicted octanol–water partition coefficient (Wildman–Crippen LogP) is 2.32. The van der Waals surface area contributed by atoms with Crippen LogP contribution in [0.5, 0.6) is 17.2 Å². The molecular weight excluding hydrogens is 294 g/mol. The molecule has 1 saturated carbocycles. The number of ether oxygens (including phenoxy) is 3. The van der Waals surface area contributed by atoms with Crippen LogP contribution in [0.25, 0.3) is 0 Å². The maximum Gasteiger partial charge on any atom is 0.203 e. The molecule has 23 heavy (non-hydrogen) atoms. The molecule has 0 atom stereocenters. The molecule has 1 aliphatic rings. The van der Waals surface area contributed by atoms with E-state index in [4.69, 9.17) is 14.2 Å². The zero-order valence-corrected chi connectivity index (χ0v) is 14.4. The predicted molar refractivity (Wildman–Crippen MR) is 91.7 cm³/mol. The van der Waals surface area contributed by atoms with Gasteiger partial charge in [-0.3, -0.25) is 0 Å². The van der Waals surface area contributed by atoms with E-state index < -0.39 is 0 Å². The molecule has 0 saturated heterocycles. The summed E-state index contributed by atoms with van der Waals surface area (Å²) >= 11 is 0. The molecule has 0 spiro atoms. The average molecular weight is 321 g/mol. The van der Waals surface area contributed by atoms with Crippen LogP contribution in [0.4, 0.5) is 0 Å². The Morgan fingerprint density at radius 2 is 1.83 bits per heavy atom. The Labute approximate surface area is 138 Å². The molecule has 6 heteroatoms. The lowest BCUT2D eigenvalue weighted by Gasteiger charge is -2.15. The fourth-order valence-electron chi connectivity index (χ4n) is 2.22. The first kappa shape index (κ1) is 17.2. The van der Waals surface area contributed by atoms with Gasteiger partial charge in [0.2, 0.25) is 5.75 Å². The van der Waals surface area contributed by atoms with Gasteiger partial charge in [-0.25, -0.2) is 4.99 Å². The highest BCUT2D eigenvalue weighted by atomic mass is 16.5. The lowest BCUT2D eigenvalue weighted by Crippen LogP contribution is -2.38. The van der Waals surface area contributed by atoms with Crippen molar-refractivity contribution in [2.45, 2.75) is 39.3 Å². The van der Waals surface area contributed by atoms with Gasteiger partial charge in [-0.15, -0.1) is 0 Å². The van der Waals surface area contributed by atoms with E-state index in [2.05, 4.69) is 22.5 Å². The number of guanidine groups is 1. The first-order chi connectivity index (χ1) is 11.2. The Kier molecular flexibility index (Phi) is 6.38. The molecule has 0 aromatic heterocycles. The molecule has 6 nitrogen and oxygen atoms in total. The summed E-state index contributed by atoms with van der Waals surface area (Å²) in [5, 5.41) is 6.67. The quantitative estimate of drug-likeness (QED) is 0.568. The van der Waals surface area contributed by atoms with Crippen LogP contribution in [0, 0.1) is 0 Å². The molecule has 0 unspecified atom stereocenters. The minimum Gasteiger partial charge on any atom is -0.493 e. The zero-order chi connectivity index (χ0) is 16.7. The SMILES string of the molecule is CCNC(=NCc1cc(OC)c(OCC)c(OC)c1)NC1CC1. The van der Waals surface area contributed by atoms with Crippen LogP contribution in [0.15, 0.2) is 17.1 Å². The van der Waals surface area contributed by atoms with Gasteiger partial charge in [-0.2, -0.15) is 0 Å². The summed E-state index contributed by atoms with van der Waals surface area (Å²) in [5.74, 6) is 2.81. The molecule has 2 rings (SSSR count). The van der Waals surface area contributed by atoms with Crippen molar-refractivity contribution in [2.75, 3.05) is 27.4 Å². The monoisotopic (exact) mass is 321 g/mol. The van der Waals surface area contributed by atoms with Crippen molar-refractivity contribution in [3.05, 3.63) is 17.7 Å². The number of hydrogen-bond acceptors (Lipinski definition) is 4. The van der Waals surface area contributed by atoms with E-state index in [1.165, 1.54) is 12.8 Å². The van der Waals surface area contributed by atoms with Gasteiger partial charge >= 0.3 is 0 Å². The Morgan fingerprint density at radius 1 is 1.17 bits per heavy atom. The molecule has 128 valence electrons. The van der Waals surface area contributed by atoms with Crippen molar-refractivity contribution < 1.29 is 14.2 Å². The lowest BCUT2D eigenvalue weighted by molar-refractivity contribution is 0.288. The summed E-state index contributed by atoms with van der Waals surface area (Å²) in [6, 6.07) is 4.45. The maximum atomic E-state index is 5.62. The molecule has 0 radical (unpaired) electrons. The van der Waals surface area contributed by atoms with Crippen LogP contribution in [0.2, 0.25) is 0 Å². The van der Waals surface area contributed by atoms with Crippen molar-refractivity contribution in [1.82, 2.24) is 10.6 Å². The van der Waals surface area contributed by atoms with E-state index >= 15 is 0 Å². The van der Waals surface area contributed by atoms with Crippen molar-refractivity contribution in [3.63, 3.8) is 0 Å². The lowest BCUT2D eigenvalue weighted by atomic mass is 10.2.